The molecule has 1 aliphatic heterocycles. The zero-order chi connectivity index (χ0) is 23.2. The first-order valence-corrected chi connectivity index (χ1v) is 12.9. The second-order valence-electron chi connectivity index (χ2n) is 8.53. The zero-order valence-corrected chi connectivity index (χ0v) is 19.4. The second-order valence-corrected chi connectivity index (χ2v) is 10.2. The first kappa shape index (κ1) is 23.3. The van der Waals surface area contributed by atoms with Crippen molar-refractivity contribution in [2.75, 3.05) is 26.3 Å². The maximum atomic E-state index is 12.5. The fourth-order valence-corrected chi connectivity index (χ4v) is 5.26. The van der Waals surface area contributed by atoms with E-state index in [-0.39, 0.29) is 24.3 Å². The van der Waals surface area contributed by atoms with Crippen molar-refractivity contribution < 1.29 is 22.7 Å². The molecule has 1 aliphatic carbocycles. The molecule has 2 aliphatic rings. The summed E-state index contributed by atoms with van der Waals surface area (Å²) in [7, 11) is -3.61. The smallest absolute Gasteiger partial charge is 0.233 e. The van der Waals surface area contributed by atoms with Gasteiger partial charge in [0.2, 0.25) is 15.9 Å². The van der Waals surface area contributed by atoms with Crippen LogP contribution in [0.2, 0.25) is 0 Å². The molecule has 2 aromatic rings. The number of benzene rings is 2. The fraction of sp³-hybridized carbons (Fsp3) is 0.400. The third-order valence-corrected chi connectivity index (χ3v) is 7.33. The van der Waals surface area contributed by atoms with Gasteiger partial charge in [0.1, 0.15) is 13.2 Å². The quantitative estimate of drug-likeness (QED) is 0.586. The molecule has 0 radical (unpaired) electrons. The first-order valence-electron chi connectivity index (χ1n) is 11.4. The van der Waals surface area contributed by atoms with E-state index in [1.165, 1.54) is 6.08 Å². The van der Waals surface area contributed by atoms with Gasteiger partial charge in [-0.15, -0.1) is 0 Å². The fourth-order valence-electron chi connectivity index (χ4n) is 4.44. The Hall–Kier alpha value is -2.84. The number of hydrogen-bond donors (Lipinski definition) is 2. The molecule has 2 N–H and O–H groups in total. The topological polar surface area (TPSA) is 93.7 Å². The number of sulfonamides is 1. The van der Waals surface area contributed by atoms with Crippen LogP contribution in [0, 0.1) is 0 Å². The minimum atomic E-state index is -3.61. The number of carbonyl (C=O) groups excluding carboxylic acids is 1. The van der Waals surface area contributed by atoms with E-state index in [1.807, 2.05) is 42.5 Å². The Kier molecular flexibility index (Phi) is 7.35. The van der Waals surface area contributed by atoms with Gasteiger partial charge in [-0.1, -0.05) is 49.2 Å². The summed E-state index contributed by atoms with van der Waals surface area (Å²) in [5.74, 6) is 1.35. The number of fused-ring (bicyclic) bond motifs is 1. The van der Waals surface area contributed by atoms with Crippen LogP contribution in [0.5, 0.6) is 11.5 Å². The molecule has 8 heteroatoms. The molecular weight excluding hydrogens is 440 g/mol. The highest BCUT2D eigenvalue weighted by Crippen LogP contribution is 2.43. The lowest BCUT2D eigenvalue weighted by Gasteiger charge is -2.31. The van der Waals surface area contributed by atoms with Gasteiger partial charge in [-0.3, -0.25) is 4.79 Å². The van der Waals surface area contributed by atoms with Crippen LogP contribution < -0.4 is 19.5 Å². The molecule has 0 bridgehead atoms. The number of rotatable bonds is 9. The lowest BCUT2D eigenvalue weighted by molar-refractivity contribution is -0.121. The van der Waals surface area contributed by atoms with Gasteiger partial charge in [0.25, 0.3) is 0 Å². The molecule has 7 nitrogen and oxygen atoms in total. The minimum absolute atomic E-state index is 0.0460. The van der Waals surface area contributed by atoms with Gasteiger partial charge in [-0.25, -0.2) is 13.1 Å². The molecule has 176 valence electrons. The largest absolute Gasteiger partial charge is 0.486 e. The maximum Gasteiger partial charge on any atom is 0.233 e. The van der Waals surface area contributed by atoms with Crippen molar-refractivity contribution in [2.24, 2.45) is 0 Å². The third kappa shape index (κ3) is 6.15. The summed E-state index contributed by atoms with van der Waals surface area (Å²) in [5.41, 5.74) is 1.81. The van der Waals surface area contributed by atoms with Crippen LogP contribution in [-0.4, -0.2) is 40.6 Å². The van der Waals surface area contributed by atoms with Gasteiger partial charge in [-0.2, -0.15) is 0 Å². The predicted octanol–water partition coefficient (Wildman–Crippen LogP) is 3.37. The van der Waals surface area contributed by atoms with E-state index in [1.54, 1.807) is 0 Å². The summed E-state index contributed by atoms with van der Waals surface area (Å²) in [6, 6.07) is 15.2. The summed E-state index contributed by atoms with van der Waals surface area (Å²) in [5, 5.41) is 4.14. The Balaban J connectivity index is 1.29. The van der Waals surface area contributed by atoms with Crippen LogP contribution in [-0.2, 0) is 20.2 Å². The maximum absolute atomic E-state index is 12.5. The van der Waals surface area contributed by atoms with Crippen molar-refractivity contribution in [1.82, 2.24) is 10.0 Å². The van der Waals surface area contributed by atoms with Crippen molar-refractivity contribution in [3.63, 3.8) is 0 Å². The zero-order valence-electron chi connectivity index (χ0n) is 18.6. The van der Waals surface area contributed by atoms with Crippen LogP contribution in [0.3, 0.4) is 0 Å². The van der Waals surface area contributed by atoms with E-state index >= 15 is 0 Å². The second kappa shape index (κ2) is 10.4. The van der Waals surface area contributed by atoms with Crippen molar-refractivity contribution in [2.45, 2.75) is 37.5 Å². The summed E-state index contributed by atoms with van der Waals surface area (Å²) in [4.78, 5) is 12.5. The van der Waals surface area contributed by atoms with E-state index in [0.717, 1.165) is 53.7 Å². The Bertz CT molecular complexity index is 1090. The van der Waals surface area contributed by atoms with Gasteiger partial charge in [0.05, 0.1) is 0 Å². The van der Waals surface area contributed by atoms with Gasteiger partial charge in [-0.05, 0) is 42.2 Å². The molecule has 33 heavy (non-hydrogen) atoms. The molecular formula is C25H30N2O5S. The molecule has 1 heterocycles. The average Bonchev–Trinajstić information content (AvgIpc) is 3.32. The molecule has 0 spiro atoms. The van der Waals surface area contributed by atoms with Crippen LogP contribution in [0.25, 0.3) is 6.08 Å². The SMILES string of the molecule is O=C(CCNS(=O)(=O)/C=C\c1ccccc1)NCC1(c2ccc3c(c2)OCCO3)CCCC1. The van der Waals surface area contributed by atoms with E-state index in [4.69, 9.17) is 9.47 Å². The van der Waals surface area contributed by atoms with E-state index < -0.39 is 10.0 Å². The molecule has 4 rings (SSSR count). The van der Waals surface area contributed by atoms with E-state index in [0.29, 0.717) is 19.8 Å². The van der Waals surface area contributed by atoms with Crippen LogP contribution in [0.1, 0.15) is 43.2 Å². The highest BCUT2D eigenvalue weighted by atomic mass is 32.2. The summed E-state index contributed by atoms with van der Waals surface area (Å²) < 4.78 is 38.1. The lowest BCUT2D eigenvalue weighted by atomic mass is 9.78. The van der Waals surface area contributed by atoms with Crippen LogP contribution in [0.4, 0.5) is 0 Å². The van der Waals surface area contributed by atoms with Crippen LogP contribution >= 0.6 is 0 Å². The molecule has 1 saturated carbocycles. The van der Waals surface area contributed by atoms with Gasteiger partial charge in [0.15, 0.2) is 11.5 Å². The van der Waals surface area contributed by atoms with E-state index in [2.05, 4.69) is 16.1 Å². The normalized spacial score (nSPS) is 17.2. The Morgan fingerprint density at radius 3 is 2.48 bits per heavy atom. The number of nitrogens with one attached hydrogen (secondary N) is 2. The number of hydrogen-bond acceptors (Lipinski definition) is 5. The third-order valence-electron chi connectivity index (χ3n) is 6.23. The molecule has 0 saturated heterocycles. The molecule has 0 unspecified atom stereocenters. The minimum Gasteiger partial charge on any atom is -0.486 e. The Morgan fingerprint density at radius 2 is 1.73 bits per heavy atom. The highest BCUT2D eigenvalue weighted by Gasteiger charge is 2.36. The molecule has 0 aromatic heterocycles. The van der Waals surface area contributed by atoms with Crippen LogP contribution in [0.15, 0.2) is 53.9 Å². The number of amides is 1. The van der Waals surface area contributed by atoms with Crippen molar-refractivity contribution in [3.8, 4) is 11.5 Å². The molecule has 1 fully saturated rings. The molecule has 1 amide bonds. The molecule has 0 atom stereocenters. The molecule has 2 aromatic carbocycles. The Labute approximate surface area is 195 Å². The number of carbonyl (C=O) groups is 1. The van der Waals surface area contributed by atoms with Crippen molar-refractivity contribution in [1.29, 1.82) is 0 Å². The monoisotopic (exact) mass is 470 g/mol. The average molecular weight is 471 g/mol. The summed E-state index contributed by atoms with van der Waals surface area (Å²) in [6.07, 6.45) is 5.80. The summed E-state index contributed by atoms with van der Waals surface area (Å²) in [6.45, 7) is 1.66. The van der Waals surface area contributed by atoms with Crippen molar-refractivity contribution >= 4 is 22.0 Å². The standard InChI is InChI=1S/C25H30N2O5S/c28-24(10-14-27-33(29,30)17-11-20-6-2-1-3-7-20)26-19-25(12-4-5-13-25)21-8-9-22-23(18-21)32-16-15-31-22/h1-3,6-9,11,17-18,27H,4-5,10,12-16,19H2,(H,26,28)/b17-11-. The van der Waals surface area contributed by atoms with Gasteiger partial charge in [0, 0.05) is 30.3 Å². The Morgan fingerprint density at radius 1 is 1.00 bits per heavy atom. The van der Waals surface area contributed by atoms with E-state index in [9.17, 15) is 13.2 Å². The van der Waals surface area contributed by atoms with Gasteiger partial charge < -0.3 is 14.8 Å². The van der Waals surface area contributed by atoms with Gasteiger partial charge >= 0.3 is 0 Å². The predicted molar refractivity (Wildman–Crippen MR) is 128 cm³/mol. The first-order chi connectivity index (χ1) is 16.0. The highest BCUT2D eigenvalue weighted by molar-refractivity contribution is 7.92. The summed E-state index contributed by atoms with van der Waals surface area (Å²) >= 11 is 0. The lowest BCUT2D eigenvalue weighted by Crippen LogP contribution is -2.40. The van der Waals surface area contributed by atoms with Crippen molar-refractivity contribution in [3.05, 3.63) is 65.1 Å². The number of ether oxygens (including phenoxy) is 2.